The summed E-state index contributed by atoms with van der Waals surface area (Å²) in [6, 6.07) is 5.16. The van der Waals surface area contributed by atoms with Gasteiger partial charge in [-0.2, -0.15) is 0 Å². The maximum absolute atomic E-state index is 12.5. The molecular weight excluding hydrogens is 289 g/mol. The van der Waals surface area contributed by atoms with E-state index >= 15 is 0 Å². The number of rotatable bonds is 2. The van der Waals surface area contributed by atoms with Crippen molar-refractivity contribution in [3.05, 3.63) is 28.2 Å². The first-order chi connectivity index (χ1) is 8.49. The first kappa shape index (κ1) is 14.3. The SMILES string of the molecule is CC1CCC(N)C(S(=O)c2ccc(Cl)c(Cl)c2)C1. The molecule has 5 heteroatoms. The van der Waals surface area contributed by atoms with E-state index in [-0.39, 0.29) is 11.3 Å². The van der Waals surface area contributed by atoms with Crippen LogP contribution in [0.2, 0.25) is 10.0 Å². The van der Waals surface area contributed by atoms with Gasteiger partial charge in [-0.1, -0.05) is 30.1 Å². The van der Waals surface area contributed by atoms with Crippen LogP contribution in [-0.4, -0.2) is 15.5 Å². The van der Waals surface area contributed by atoms with Crippen molar-refractivity contribution in [2.45, 2.75) is 42.4 Å². The van der Waals surface area contributed by atoms with Gasteiger partial charge in [0.05, 0.1) is 26.1 Å². The molecule has 1 aromatic carbocycles. The van der Waals surface area contributed by atoms with Gasteiger partial charge in [-0.25, -0.2) is 0 Å². The van der Waals surface area contributed by atoms with Crippen molar-refractivity contribution in [2.75, 3.05) is 0 Å². The van der Waals surface area contributed by atoms with E-state index in [1.807, 2.05) is 0 Å². The third kappa shape index (κ3) is 3.08. The Balaban J connectivity index is 2.21. The van der Waals surface area contributed by atoms with Crippen molar-refractivity contribution in [1.29, 1.82) is 0 Å². The summed E-state index contributed by atoms with van der Waals surface area (Å²) >= 11 is 11.8. The molecule has 18 heavy (non-hydrogen) atoms. The molecule has 0 aromatic heterocycles. The van der Waals surface area contributed by atoms with Crippen LogP contribution in [0.25, 0.3) is 0 Å². The van der Waals surface area contributed by atoms with E-state index in [2.05, 4.69) is 6.92 Å². The second-order valence-corrected chi connectivity index (χ2v) is 7.48. The molecule has 0 bridgehead atoms. The van der Waals surface area contributed by atoms with Gasteiger partial charge in [0, 0.05) is 10.9 Å². The molecule has 4 unspecified atom stereocenters. The minimum absolute atomic E-state index is 0.0106. The molecule has 1 aromatic rings. The Labute approximate surface area is 120 Å². The average molecular weight is 306 g/mol. The average Bonchev–Trinajstić information content (AvgIpc) is 2.35. The zero-order valence-corrected chi connectivity index (χ0v) is 12.6. The summed E-state index contributed by atoms with van der Waals surface area (Å²) in [5.41, 5.74) is 6.10. The van der Waals surface area contributed by atoms with Crippen LogP contribution < -0.4 is 5.73 Å². The summed E-state index contributed by atoms with van der Waals surface area (Å²) in [4.78, 5) is 0.721. The highest BCUT2D eigenvalue weighted by Gasteiger charge is 2.31. The van der Waals surface area contributed by atoms with Gasteiger partial charge in [0.1, 0.15) is 0 Å². The molecule has 4 atom stereocenters. The zero-order valence-electron chi connectivity index (χ0n) is 10.2. The fourth-order valence-corrected chi connectivity index (χ4v) is 4.48. The topological polar surface area (TPSA) is 43.1 Å². The van der Waals surface area contributed by atoms with Gasteiger partial charge in [0.2, 0.25) is 0 Å². The Hall–Kier alpha value is -0.0900. The lowest BCUT2D eigenvalue weighted by Gasteiger charge is -2.31. The molecule has 0 radical (unpaired) electrons. The molecule has 1 aliphatic rings. The van der Waals surface area contributed by atoms with Gasteiger partial charge in [0.15, 0.2) is 0 Å². The van der Waals surface area contributed by atoms with Gasteiger partial charge in [-0.3, -0.25) is 4.21 Å². The second-order valence-electron chi connectivity index (χ2n) is 4.99. The molecule has 2 rings (SSSR count). The number of hydrogen-bond acceptors (Lipinski definition) is 2. The Kier molecular flexibility index (Phi) is 4.70. The number of benzene rings is 1. The van der Waals surface area contributed by atoms with Crippen LogP contribution in [0.1, 0.15) is 26.2 Å². The van der Waals surface area contributed by atoms with E-state index < -0.39 is 10.8 Å². The van der Waals surface area contributed by atoms with Crippen molar-refractivity contribution in [3.8, 4) is 0 Å². The minimum atomic E-state index is -1.11. The summed E-state index contributed by atoms with van der Waals surface area (Å²) in [5.74, 6) is 0.585. The normalized spacial score (nSPS) is 30.1. The first-order valence-corrected chi connectivity index (χ1v) is 8.07. The molecule has 1 aliphatic carbocycles. The highest BCUT2D eigenvalue weighted by atomic mass is 35.5. The van der Waals surface area contributed by atoms with Crippen LogP contribution in [-0.2, 0) is 10.8 Å². The molecule has 1 saturated carbocycles. The molecule has 0 aliphatic heterocycles. The Morgan fingerprint density at radius 3 is 2.67 bits per heavy atom. The molecule has 2 nitrogen and oxygen atoms in total. The van der Waals surface area contributed by atoms with Gasteiger partial charge in [0.25, 0.3) is 0 Å². The molecule has 0 spiro atoms. The van der Waals surface area contributed by atoms with Gasteiger partial charge in [-0.05, 0) is 43.4 Å². The third-order valence-electron chi connectivity index (χ3n) is 3.50. The predicted molar refractivity (Wildman–Crippen MR) is 77.6 cm³/mol. The van der Waals surface area contributed by atoms with Crippen LogP contribution in [0.15, 0.2) is 23.1 Å². The van der Waals surface area contributed by atoms with Crippen molar-refractivity contribution in [3.63, 3.8) is 0 Å². The smallest absolute Gasteiger partial charge is 0.0604 e. The fourth-order valence-electron chi connectivity index (χ4n) is 2.38. The zero-order chi connectivity index (χ0) is 13.3. The molecule has 0 saturated heterocycles. The lowest BCUT2D eigenvalue weighted by Crippen LogP contribution is -2.42. The van der Waals surface area contributed by atoms with Crippen LogP contribution >= 0.6 is 23.2 Å². The van der Waals surface area contributed by atoms with E-state index in [1.54, 1.807) is 18.2 Å². The summed E-state index contributed by atoms with van der Waals surface area (Å²) in [6.07, 6.45) is 2.98. The number of hydrogen-bond donors (Lipinski definition) is 1. The van der Waals surface area contributed by atoms with Crippen molar-refractivity contribution < 1.29 is 4.21 Å². The molecule has 1 fully saturated rings. The molecular formula is C13H17Cl2NOS. The van der Waals surface area contributed by atoms with Crippen molar-refractivity contribution in [2.24, 2.45) is 11.7 Å². The summed E-state index contributed by atoms with van der Waals surface area (Å²) in [7, 11) is -1.11. The largest absolute Gasteiger partial charge is 0.327 e. The lowest BCUT2D eigenvalue weighted by molar-refractivity contribution is 0.353. The minimum Gasteiger partial charge on any atom is -0.327 e. The standard InChI is InChI=1S/C13H17Cl2NOS/c1-8-2-5-12(16)13(6-8)18(17)9-3-4-10(14)11(15)7-9/h3-4,7-8,12-13H,2,5-6,16H2,1H3. The molecule has 0 amide bonds. The fraction of sp³-hybridized carbons (Fsp3) is 0.538. The highest BCUT2D eigenvalue weighted by Crippen LogP contribution is 2.31. The Morgan fingerprint density at radius 1 is 1.28 bits per heavy atom. The van der Waals surface area contributed by atoms with E-state index in [1.165, 1.54) is 0 Å². The van der Waals surface area contributed by atoms with Crippen LogP contribution in [0.4, 0.5) is 0 Å². The van der Waals surface area contributed by atoms with E-state index in [4.69, 9.17) is 28.9 Å². The van der Waals surface area contributed by atoms with Crippen molar-refractivity contribution in [1.82, 2.24) is 0 Å². The van der Waals surface area contributed by atoms with E-state index in [0.717, 1.165) is 24.2 Å². The highest BCUT2D eigenvalue weighted by molar-refractivity contribution is 7.85. The maximum atomic E-state index is 12.5. The summed E-state index contributed by atoms with van der Waals surface area (Å²) in [6.45, 7) is 2.19. The lowest BCUT2D eigenvalue weighted by atomic mass is 9.87. The van der Waals surface area contributed by atoms with Gasteiger partial charge < -0.3 is 5.73 Å². The molecule has 2 N–H and O–H groups in total. The van der Waals surface area contributed by atoms with Gasteiger partial charge in [-0.15, -0.1) is 0 Å². The van der Waals surface area contributed by atoms with E-state index in [9.17, 15) is 4.21 Å². The summed E-state index contributed by atoms with van der Waals surface area (Å²) < 4.78 is 12.5. The quantitative estimate of drug-likeness (QED) is 0.907. The first-order valence-electron chi connectivity index (χ1n) is 6.10. The Bertz CT molecular complexity index is 466. The van der Waals surface area contributed by atoms with Crippen LogP contribution in [0.3, 0.4) is 0 Å². The predicted octanol–water partition coefficient (Wildman–Crippen LogP) is 3.62. The monoisotopic (exact) mass is 305 g/mol. The van der Waals surface area contributed by atoms with Crippen LogP contribution in [0.5, 0.6) is 0 Å². The molecule has 0 heterocycles. The van der Waals surface area contributed by atoms with E-state index in [0.29, 0.717) is 16.0 Å². The second kappa shape index (κ2) is 5.91. The third-order valence-corrected chi connectivity index (χ3v) is 6.05. The Morgan fingerprint density at radius 2 is 2.00 bits per heavy atom. The van der Waals surface area contributed by atoms with Crippen molar-refractivity contribution >= 4 is 34.0 Å². The van der Waals surface area contributed by atoms with Crippen LogP contribution in [0, 0.1) is 5.92 Å². The number of halogens is 2. The van der Waals surface area contributed by atoms with Gasteiger partial charge >= 0.3 is 0 Å². The molecule has 100 valence electrons. The maximum Gasteiger partial charge on any atom is 0.0604 e. The summed E-state index contributed by atoms with van der Waals surface area (Å²) in [5, 5.41) is 0.949. The number of nitrogens with two attached hydrogens (primary N) is 1.